The molecule has 0 unspecified atom stereocenters. The Morgan fingerprint density at radius 1 is 1.00 bits per heavy atom. The van der Waals surface area contributed by atoms with Crippen LogP contribution in [0.1, 0.15) is 34.6 Å². The van der Waals surface area contributed by atoms with Gasteiger partial charge < -0.3 is 18.6 Å². The monoisotopic (exact) mass is 452 g/mol. The van der Waals surface area contributed by atoms with Crippen LogP contribution >= 0.6 is 0 Å². The Labute approximate surface area is 191 Å². The molecule has 4 rings (SSSR count). The van der Waals surface area contributed by atoms with Crippen LogP contribution in [0.25, 0.3) is 0 Å². The van der Waals surface area contributed by atoms with Gasteiger partial charge in [-0.3, -0.25) is 4.79 Å². The highest BCUT2D eigenvalue weighted by molar-refractivity contribution is 6.99. The van der Waals surface area contributed by atoms with Crippen molar-refractivity contribution in [2.75, 3.05) is 0 Å². The van der Waals surface area contributed by atoms with Crippen molar-refractivity contribution in [2.45, 2.75) is 69.5 Å². The molecule has 5 nitrogen and oxygen atoms in total. The Hall–Kier alpha value is -2.09. The van der Waals surface area contributed by atoms with Gasteiger partial charge in [-0.25, -0.2) is 0 Å². The lowest BCUT2D eigenvalue weighted by Gasteiger charge is -2.45. The van der Waals surface area contributed by atoms with Crippen molar-refractivity contribution in [3.63, 3.8) is 0 Å². The molecule has 0 bridgehead atoms. The minimum Gasteiger partial charge on any atom is -0.380 e. The lowest BCUT2D eigenvalue weighted by atomic mass is 9.97. The molecule has 0 radical (unpaired) electrons. The highest BCUT2D eigenvalue weighted by atomic mass is 28.4. The van der Waals surface area contributed by atoms with Gasteiger partial charge in [0.25, 0.3) is 8.32 Å². The summed E-state index contributed by atoms with van der Waals surface area (Å²) in [5.74, 6) is -0.941. The van der Waals surface area contributed by atoms with E-state index in [0.29, 0.717) is 0 Å². The second kappa shape index (κ2) is 8.04. The molecule has 6 heteroatoms. The lowest BCUT2D eigenvalue weighted by Crippen LogP contribution is -2.69. The number of aldehydes is 1. The molecule has 0 N–H and O–H groups in total. The Bertz CT molecular complexity index is 929. The van der Waals surface area contributed by atoms with E-state index in [1.807, 2.05) is 36.4 Å². The van der Waals surface area contributed by atoms with E-state index in [9.17, 15) is 4.79 Å². The van der Waals surface area contributed by atoms with Crippen LogP contribution in [0.2, 0.25) is 5.04 Å². The van der Waals surface area contributed by atoms with E-state index in [-0.39, 0.29) is 5.04 Å². The van der Waals surface area contributed by atoms with Gasteiger partial charge in [0.1, 0.15) is 12.2 Å². The van der Waals surface area contributed by atoms with Crippen LogP contribution in [0.5, 0.6) is 0 Å². The van der Waals surface area contributed by atoms with Crippen molar-refractivity contribution in [1.82, 2.24) is 0 Å². The summed E-state index contributed by atoms with van der Waals surface area (Å²) in [7, 11) is -2.98. The third-order valence-electron chi connectivity index (χ3n) is 6.34. The van der Waals surface area contributed by atoms with Crippen LogP contribution in [0.15, 0.2) is 73.3 Å². The second-order valence-electron chi connectivity index (χ2n) is 9.96. The minimum absolute atomic E-state index is 0.278. The number of ether oxygens (including phenoxy) is 3. The summed E-state index contributed by atoms with van der Waals surface area (Å²) in [6.45, 7) is 14.0. The summed E-state index contributed by atoms with van der Waals surface area (Å²) < 4.78 is 25.7. The van der Waals surface area contributed by atoms with Gasteiger partial charge in [0.15, 0.2) is 18.4 Å². The van der Waals surface area contributed by atoms with Crippen molar-refractivity contribution in [1.29, 1.82) is 0 Å². The van der Waals surface area contributed by atoms with E-state index in [4.69, 9.17) is 18.6 Å². The lowest BCUT2D eigenvalue weighted by molar-refractivity contribution is -0.229. The molecule has 2 saturated heterocycles. The van der Waals surface area contributed by atoms with E-state index in [2.05, 4.69) is 51.6 Å². The van der Waals surface area contributed by atoms with Gasteiger partial charge in [-0.15, -0.1) is 6.58 Å². The summed E-state index contributed by atoms with van der Waals surface area (Å²) in [6, 6.07) is 20.5. The Kier molecular flexibility index (Phi) is 5.80. The summed E-state index contributed by atoms with van der Waals surface area (Å²) in [5, 5.41) is 1.92. The molecule has 0 spiro atoms. The number of hydrogen-bond donors (Lipinski definition) is 0. The molecule has 0 amide bonds. The first kappa shape index (κ1) is 23.1. The van der Waals surface area contributed by atoms with Crippen LogP contribution in [0.4, 0.5) is 0 Å². The highest BCUT2D eigenvalue weighted by Gasteiger charge is 2.68. The number of hydrogen-bond acceptors (Lipinski definition) is 5. The predicted molar refractivity (Wildman–Crippen MR) is 126 cm³/mol. The molecule has 32 heavy (non-hydrogen) atoms. The van der Waals surface area contributed by atoms with Crippen molar-refractivity contribution in [3.05, 3.63) is 73.3 Å². The maximum atomic E-state index is 12.6. The van der Waals surface area contributed by atoms with Crippen LogP contribution < -0.4 is 10.4 Å². The normalized spacial score (nSPS) is 29.5. The van der Waals surface area contributed by atoms with E-state index in [0.717, 1.165) is 16.7 Å². The van der Waals surface area contributed by atoms with E-state index >= 15 is 0 Å². The van der Waals surface area contributed by atoms with Gasteiger partial charge in [-0.05, 0) is 29.3 Å². The average molecular weight is 453 g/mol. The summed E-state index contributed by atoms with van der Waals surface area (Å²) in [5.41, 5.74) is -1.38. The zero-order chi connectivity index (χ0) is 23.2. The number of benzene rings is 2. The van der Waals surface area contributed by atoms with Crippen molar-refractivity contribution < 1.29 is 23.4 Å². The fourth-order valence-electron chi connectivity index (χ4n) is 5.03. The van der Waals surface area contributed by atoms with Crippen LogP contribution in [-0.2, 0) is 23.4 Å². The maximum Gasteiger partial charge on any atom is 0.264 e. The molecular weight excluding hydrogens is 420 g/mol. The van der Waals surface area contributed by atoms with Crippen LogP contribution in [0.3, 0.4) is 0 Å². The van der Waals surface area contributed by atoms with Gasteiger partial charge in [-0.2, -0.15) is 0 Å². The van der Waals surface area contributed by atoms with Gasteiger partial charge in [0, 0.05) is 0 Å². The molecule has 2 aromatic carbocycles. The van der Waals surface area contributed by atoms with Gasteiger partial charge >= 0.3 is 0 Å². The largest absolute Gasteiger partial charge is 0.380 e. The smallest absolute Gasteiger partial charge is 0.264 e. The van der Waals surface area contributed by atoms with Crippen LogP contribution in [-0.4, -0.2) is 44.5 Å². The number of carbonyl (C=O) groups is 1. The summed E-state index contributed by atoms with van der Waals surface area (Å²) in [4.78, 5) is 12.6. The molecule has 2 aromatic rings. The Morgan fingerprint density at radius 2 is 1.53 bits per heavy atom. The number of rotatable bonds is 6. The second-order valence-corrected chi connectivity index (χ2v) is 14.2. The Morgan fingerprint density at radius 3 is 1.97 bits per heavy atom. The average Bonchev–Trinajstić information content (AvgIpc) is 3.20. The first-order valence-corrected chi connectivity index (χ1v) is 12.9. The van der Waals surface area contributed by atoms with Gasteiger partial charge in [0.05, 0.1) is 0 Å². The SMILES string of the molecule is C=C[C@@H]1O[C@@H](O[Si](c2ccccc2)(c2ccccc2)C(C)(C)C)[C@@]2(C=O)OC(C)(C)O[C@@H]12. The molecular formula is C26H32O5Si. The first-order valence-electron chi connectivity index (χ1n) is 11.0. The quantitative estimate of drug-likeness (QED) is 0.381. The molecule has 2 aliphatic rings. The topological polar surface area (TPSA) is 54.0 Å². The molecule has 0 aromatic heterocycles. The van der Waals surface area contributed by atoms with Crippen molar-refractivity contribution >= 4 is 25.0 Å². The molecule has 2 heterocycles. The van der Waals surface area contributed by atoms with Crippen LogP contribution in [0, 0.1) is 0 Å². The zero-order valence-corrected chi connectivity index (χ0v) is 20.4. The fraction of sp³-hybridized carbons (Fsp3) is 0.423. The fourth-order valence-corrected chi connectivity index (χ4v) is 9.61. The molecule has 0 aliphatic carbocycles. The summed E-state index contributed by atoms with van der Waals surface area (Å²) >= 11 is 0. The molecule has 170 valence electrons. The molecule has 2 fully saturated rings. The standard InChI is InChI=1S/C26H32O5Si/c1-7-21-22-26(18-27,31-25(5,6)29-22)23(28-21)30-32(24(2,3)4,19-14-10-8-11-15-19)20-16-12-9-13-17-20/h7-18,21-23H,1H2,2-6H3/t21-,22-,23-,26-/m0/s1. The van der Waals surface area contributed by atoms with E-state index in [1.165, 1.54) is 0 Å². The minimum atomic E-state index is -2.98. The number of fused-ring (bicyclic) bond motifs is 1. The number of carbonyl (C=O) groups excluding carboxylic acids is 1. The maximum absolute atomic E-state index is 12.6. The third kappa shape index (κ3) is 3.51. The van der Waals surface area contributed by atoms with E-state index < -0.39 is 38.2 Å². The Balaban J connectivity index is 1.90. The first-order chi connectivity index (χ1) is 15.1. The predicted octanol–water partition coefficient (Wildman–Crippen LogP) is 3.56. The van der Waals surface area contributed by atoms with E-state index in [1.54, 1.807) is 19.9 Å². The highest BCUT2D eigenvalue weighted by Crippen LogP contribution is 2.49. The van der Waals surface area contributed by atoms with Crippen molar-refractivity contribution in [3.8, 4) is 0 Å². The molecule has 4 atom stereocenters. The third-order valence-corrected chi connectivity index (χ3v) is 11.3. The van der Waals surface area contributed by atoms with Crippen molar-refractivity contribution in [2.24, 2.45) is 0 Å². The molecule has 2 aliphatic heterocycles. The summed E-state index contributed by atoms with van der Waals surface area (Å²) in [6.07, 6.45) is 0.350. The van der Waals surface area contributed by atoms with Gasteiger partial charge in [0.2, 0.25) is 5.60 Å². The van der Waals surface area contributed by atoms with Gasteiger partial charge in [-0.1, -0.05) is 87.5 Å². The zero-order valence-electron chi connectivity index (χ0n) is 19.4. The molecule has 0 saturated carbocycles.